The second-order valence-electron chi connectivity index (χ2n) is 11.7. The molecule has 42 heavy (non-hydrogen) atoms. The Morgan fingerprint density at radius 2 is 1.64 bits per heavy atom. The first-order valence-electron chi connectivity index (χ1n) is 14.3. The summed E-state index contributed by atoms with van der Waals surface area (Å²) in [6, 6.07) is 12.5. The number of rotatable bonds is 13. The maximum atomic E-state index is 13.3. The number of aliphatic hydroxyl groups is 1. The fourth-order valence-electron chi connectivity index (χ4n) is 5.01. The molecule has 2 aromatic rings. The number of hydrogen-bond acceptors (Lipinski definition) is 6. The van der Waals surface area contributed by atoms with Crippen LogP contribution in [0.25, 0.3) is 0 Å². The molecule has 0 saturated carbocycles. The number of alkyl carbamates (subject to hydrolysis) is 1. The van der Waals surface area contributed by atoms with Crippen molar-refractivity contribution in [2.75, 3.05) is 19.6 Å². The topological polar surface area (TPSA) is 120 Å². The number of hydrogen-bond donors (Lipinski definition) is 4. The van der Waals surface area contributed by atoms with E-state index in [0.29, 0.717) is 42.6 Å². The summed E-state index contributed by atoms with van der Waals surface area (Å²) in [6.07, 6.45) is -0.162. The summed E-state index contributed by atoms with van der Waals surface area (Å²) < 4.78 is 5.41. The summed E-state index contributed by atoms with van der Waals surface area (Å²) in [7, 11) is 0. The summed E-state index contributed by atoms with van der Waals surface area (Å²) >= 11 is 12.0. The molecular weight excluding hydrogens is 579 g/mol. The Kier molecular flexibility index (Phi) is 12.9. The number of halogens is 2. The predicted octanol–water partition coefficient (Wildman–Crippen LogP) is 4.64. The minimum atomic E-state index is -0.803. The van der Waals surface area contributed by atoms with E-state index >= 15 is 0 Å². The molecule has 0 spiro atoms. The van der Waals surface area contributed by atoms with E-state index in [1.54, 1.807) is 6.07 Å². The highest BCUT2D eigenvalue weighted by Crippen LogP contribution is 2.23. The number of amides is 3. The van der Waals surface area contributed by atoms with Crippen molar-refractivity contribution in [3.8, 4) is 0 Å². The SMILES string of the molecule is CC(C)C[C@@H](CN1CC(O)C(NC(=O)[C@H](CC(C)C)NC(=O)c2ccc(Cl)c(Cl)c2)C1)NC(=O)OCc1ccccc1. The number of carbonyl (C=O) groups is 3. The molecule has 4 N–H and O–H groups in total. The second kappa shape index (κ2) is 16.1. The highest BCUT2D eigenvalue weighted by Gasteiger charge is 2.35. The van der Waals surface area contributed by atoms with Crippen LogP contribution in [0, 0.1) is 11.8 Å². The number of benzene rings is 2. The Morgan fingerprint density at radius 1 is 0.952 bits per heavy atom. The molecule has 1 aliphatic heterocycles. The van der Waals surface area contributed by atoms with Gasteiger partial charge in [-0.3, -0.25) is 14.5 Å². The van der Waals surface area contributed by atoms with Gasteiger partial charge in [0.2, 0.25) is 5.91 Å². The van der Waals surface area contributed by atoms with Crippen LogP contribution in [-0.2, 0) is 16.1 Å². The Morgan fingerprint density at radius 3 is 2.29 bits per heavy atom. The van der Waals surface area contributed by atoms with Gasteiger partial charge in [0.15, 0.2) is 0 Å². The zero-order valence-corrected chi connectivity index (χ0v) is 26.1. The Labute approximate surface area is 258 Å². The van der Waals surface area contributed by atoms with Crippen LogP contribution in [-0.4, -0.2) is 71.8 Å². The molecule has 0 aliphatic carbocycles. The lowest BCUT2D eigenvalue weighted by Crippen LogP contribution is -2.53. The lowest BCUT2D eigenvalue weighted by molar-refractivity contribution is -0.124. The molecule has 1 aliphatic rings. The standard InChI is InChI=1S/C31H42Cl2N4O5/c1-19(2)12-23(34-31(41)42-18-21-8-6-5-7-9-21)15-37-16-27(28(38)17-37)36-30(40)26(13-20(3)4)35-29(39)22-10-11-24(32)25(33)14-22/h5-11,14,19-20,23,26-28,38H,12-13,15-18H2,1-4H3,(H,34,41)(H,35,39)(H,36,40)/t23-,26-,27?,28?/m0/s1. The monoisotopic (exact) mass is 620 g/mol. The lowest BCUT2D eigenvalue weighted by Gasteiger charge is -2.26. The molecule has 1 fully saturated rings. The van der Waals surface area contributed by atoms with Crippen molar-refractivity contribution in [2.45, 2.75) is 71.4 Å². The summed E-state index contributed by atoms with van der Waals surface area (Å²) in [5.41, 5.74) is 1.20. The molecular formula is C31H42Cl2N4O5. The molecule has 4 atom stereocenters. The van der Waals surface area contributed by atoms with Crippen LogP contribution in [0.2, 0.25) is 10.0 Å². The van der Waals surface area contributed by atoms with Crippen LogP contribution in [0.5, 0.6) is 0 Å². The molecule has 2 unspecified atom stereocenters. The van der Waals surface area contributed by atoms with Crippen molar-refractivity contribution in [1.29, 1.82) is 0 Å². The van der Waals surface area contributed by atoms with Gasteiger partial charge in [-0.05, 0) is 48.4 Å². The highest BCUT2D eigenvalue weighted by molar-refractivity contribution is 6.42. The molecule has 230 valence electrons. The first kappa shape index (κ1) is 33.6. The van der Waals surface area contributed by atoms with E-state index in [1.807, 2.05) is 49.1 Å². The first-order chi connectivity index (χ1) is 19.9. The number of likely N-dealkylation sites (tertiary alicyclic amines) is 1. The molecule has 1 saturated heterocycles. The van der Waals surface area contributed by atoms with Crippen molar-refractivity contribution in [2.24, 2.45) is 11.8 Å². The number of ether oxygens (including phenoxy) is 1. The van der Waals surface area contributed by atoms with Crippen LogP contribution < -0.4 is 16.0 Å². The Bertz CT molecular complexity index is 1200. The smallest absolute Gasteiger partial charge is 0.407 e. The zero-order valence-electron chi connectivity index (χ0n) is 24.6. The van der Waals surface area contributed by atoms with Gasteiger partial charge in [0.1, 0.15) is 12.6 Å². The summed E-state index contributed by atoms with van der Waals surface area (Å²) in [5.74, 6) is -0.359. The second-order valence-corrected chi connectivity index (χ2v) is 12.5. The van der Waals surface area contributed by atoms with Gasteiger partial charge in [-0.15, -0.1) is 0 Å². The van der Waals surface area contributed by atoms with Gasteiger partial charge in [-0.2, -0.15) is 0 Å². The highest BCUT2D eigenvalue weighted by atomic mass is 35.5. The van der Waals surface area contributed by atoms with Crippen molar-refractivity contribution >= 4 is 41.1 Å². The predicted molar refractivity (Wildman–Crippen MR) is 165 cm³/mol. The third-order valence-electron chi connectivity index (χ3n) is 6.97. The third-order valence-corrected chi connectivity index (χ3v) is 7.71. The lowest BCUT2D eigenvalue weighted by atomic mass is 10.0. The zero-order chi connectivity index (χ0) is 30.8. The van der Waals surface area contributed by atoms with Gasteiger partial charge in [-0.25, -0.2) is 4.79 Å². The summed E-state index contributed by atoms with van der Waals surface area (Å²) in [5, 5.41) is 20.1. The van der Waals surface area contributed by atoms with Crippen molar-refractivity contribution in [1.82, 2.24) is 20.9 Å². The summed E-state index contributed by atoms with van der Waals surface area (Å²) in [6.45, 7) is 9.49. The van der Waals surface area contributed by atoms with Crippen LogP contribution in [0.1, 0.15) is 56.5 Å². The van der Waals surface area contributed by atoms with E-state index in [9.17, 15) is 19.5 Å². The molecule has 11 heteroatoms. The van der Waals surface area contributed by atoms with Crippen LogP contribution in [0.4, 0.5) is 4.79 Å². The third kappa shape index (κ3) is 10.8. The van der Waals surface area contributed by atoms with E-state index in [1.165, 1.54) is 12.1 Å². The fraction of sp³-hybridized carbons (Fsp3) is 0.516. The van der Waals surface area contributed by atoms with E-state index in [4.69, 9.17) is 27.9 Å². The molecule has 0 bridgehead atoms. The Hall–Kier alpha value is -2.85. The van der Waals surface area contributed by atoms with Gasteiger partial charge in [0.25, 0.3) is 5.91 Å². The van der Waals surface area contributed by atoms with E-state index in [0.717, 1.165) is 12.0 Å². The minimum absolute atomic E-state index is 0.129. The average Bonchev–Trinajstić information content (AvgIpc) is 3.26. The molecule has 0 radical (unpaired) electrons. The number of carbonyl (C=O) groups excluding carboxylic acids is 3. The number of aliphatic hydroxyl groups excluding tert-OH is 1. The molecule has 1 heterocycles. The largest absolute Gasteiger partial charge is 0.445 e. The van der Waals surface area contributed by atoms with Crippen LogP contribution in [0.3, 0.4) is 0 Å². The van der Waals surface area contributed by atoms with Crippen LogP contribution in [0.15, 0.2) is 48.5 Å². The molecule has 2 aromatic carbocycles. The van der Waals surface area contributed by atoms with Crippen LogP contribution >= 0.6 is 23.2 Å². The van der Waals surface area contributed by atoms with Gasteiger partial charge in [0.05, 0.1) is 22.2 Å². The molecule has 0 aromatic heterocycles. The normalized spacial score (nSPS) is 18.5. The van der Waals surface area contributed by atoms with Crippen molar-refractivity contribution in [3.63, 3.8) is 0 Å². The van der Waals surface area contributed by atoms with Crippen molar-refractivity contribution in [3.05, 3.63) is 69.7 Å². The van der Waals surface area contributed by atoms with Crippen molar-refractivity contribution < 1.29 is 24.2 Å². The van der Waals surface area contributed by atoms with E-state index in [-0.39, 0.29) is 29.5 Å². The van der Waals surface area contributed by atoms with E-state index in [2.05, 4.69) is 29.8 Å². The van der Waals surface area contributed by atoms with Gasteiger partial charge in [-0.1, -0.05) is 81.2 Å². The maximum absolute atomic E-state index is 13.3. The Balaban J connectivity index is 1.57. The van der Waals surface area contributed by atoms with Gasteiger partial charge in [0, 0.05) is 31.2 Å². The first-order valence-corrected chi connectivity index (χ1v) is 15.1. The fourth-order valence-corrected chi connectivity index (χ4v) is 5.31. The average molecular weight is 622 g/mol. The molecule has 9 nitrogen and oxygen atoms in total. The summed E-state index contributed by atoms with van der Waals surface area (Å²) in [4.78, 5) is 40.7. The molecule has 3 rings (SSSR count). The minimum Gasteiger partial charge on any atom is -0.445 e. The van der Waals surface area contributed by atoms with Gasteiger partial charge >= 0.3 is 6.09 Å². The number of nitrogens with zero attached hydrogens (tertiary/aromatic N) is 1. The van der Waals surface area contributed by atoms with Gasteiger partial charge < -0.3 is 25.8 Å². The molecule has 3 amide bonds. The maximum Gasteiger partial charge on any atom is 0.407 e. The number of nitrogens with one attached hydrogen (secondary N) is 3. The quantitative estimate of drug-likeness (QED) is 0.259. The number of β-amino-alcohol motifs (C(OH)–C–C–N with tert-alkyl or cyclic N) is 1. The van der Waals surface area contributed by atoms with E-state index < -0.39 is 30.2 Å².